The number of hydrogen-bond acceptors (Lipinski definition) is 2. The zero-order valence-corrected chi connectivity index (χ0v) is 11.5. The largest absolute Gasteiger partial charge is 0.487 e. The highest BCUT2D eigenvalue weighted by Crippen LogP contribution is 2.16. The average molecular weight is 223 g/mol. The third-order valence-electron chi connectivity index (χ3n) is 1.81. The Bertz CT molecular complexity index is 270. The van der Waals surface area contributed by atoms with E-state index in [0.717, 1.165) is 11.4 Å². The maximum absolute atomic E-state index is 5.59. The first-order valence-electron chi connectivity index (χ1n) is 6.00. The average Bonchev–Trinajstić information content (AvgIpc) is 2.20. The summed E-state index contributed by atoms with van der Waals surface area (Å²) in [6.45, 7) is 12.4. The van der Waals surface area contributed by atoms with Gasteiger partial charge in [-0.15, -0.1) is 0 Å². The van der Waals surface area contributed by atoms with Crippen LogP contribution in [0.25, 0.3) is 0 Å². The van der Waals surface area contributed by atoms with E-state index in [1.54, 1.807) is 6.20 Å². The van der Waals surface area contributed by atoms with Crippen LogP contribution in [0, 0.1) is 6.92 Å². The third-order valence-corrected chi connectivity index (χ3v) is 1.81. The first-order chi connectivity index (χ1) is 7.39. The Balaban J connectivity index is 0.000000487. The summed E-state index contributed by atoms with van der Waals surface area (Å²) in [5, 5.41) is 0. The van der Waals surface area contributed by atoms with Crippen molar-refractivity contribution in [1.29, 1.82) is 0 Å². The van der Waals surface area contributed by atoms with Gasteiger partial charge in [-0.2, -0.15) is 0 Å². The van der Waals surface area contributed by atoms with Crippen LogP contribution in [-0.4, -0.2) is 10.6 Å². The standard InChI is InChI=1S/C10H15NO.C4H10/c1-8-5-6-9(7-11-8)12-10(2,3)4;1-3-4-2/h5-7H,1-4H3;3-4H2,1-2H3. The van der Waals surface area contributed by atoms with Gasteiger partial charge in [0.15, 0.2) is 0 Å². The number of ether oxygens (including phenoxy) is 1. The van der Waals surface area contributed by atoms with Gasteiger partial charge in [0.1, 0.15) is 11.4 Å². The van der Waals surface area contributed by atoms with Crippen LogP contribution in [0.4, 0.5) is 0 Å². The number of aromatic nitrogens is 1. The second-order valence-electron chi connectivity index (χ2n) is 4.85. The summed E-state index contributed by atoms with van der Waals surface area (Å²) in [4.78, 5) is 4.14. The minimum Gasteiger partial charge on any atom is -0.487 e. The second kappa shape index (κ2) is 7.26. The molecule has 0 spiro atoms. The lowest BCUT2D eigenvalue weighted by molar-refractivity contribution is 0.130. The molecule has 2 nitrogen and oxygen atoms in total. The molecule has 0 saturated carbocycles. The van der Waals surface area contributed by atoms with Gasteiger partial charge in [-0.3, -0.25) is 4.98 Å². The number of unbranched alkanes of at least 4 members (excludes halogenated alkanes) is 1. The molecule has 0 saturated heterocycles. The van der Waals surface area contributed by atoms with Crippen LogP contribution in [0.3, 0.4) is 0 Å². The first-order valence-corrected chi connectivity index (χ1v) is 6.00. The predicted molar refractivity (Wildman–Crippen MR) is 69.9 cm³/mol. The van der Waals surface area contributed by atoms with Gasteiger partial charge in [0.05, 0.1) is 6.20 Å². The van der Waals surface area contributed by atoms with Gasteiger partial charge in [0, 0.05) is 5.69 Å². The Kier molecular flexibility index (Phi) is 6.78. The van der Waals surface area contributed by atoms with Gasteiger partial charge in [-0.25, -0.2) is 0 Å². The van der Waals surface area contributed by atoms with Crippen molar-refractivity contribution in [3.05, 3.63) is 24.0 Å². The molecule has 92 valence electrons. The second-order valence-corrected chi connectivity index (χ2v) is 4.85. The van der Waals surface area contributed by atoms with Crippen molar-refractivity contribution in [2.75, 3.05) is 0 Å². The molecule has 0 aliphatic heterocycles. The van der Waals surface area contributed by atoms with E-state index in [2.05, 4.69) is 18.8 Å². The number of pyridine rings is 1. The summed E-state index contributed by atoms with van der Waals surface area (Å²) in [6, 6.07) is 3.88. The highest BCUT2D eigenvalue weighted by molar-refractivity contribution is 5.19. The summed E-state index contributed by atoms with van der Waals surface area (Å²) in [5.41, 5.74) is 0.868. The van der Waals surface area contributed by atoms with Crippen molar-refractivity contribution in [2.45, 2.75) is 60.0 Å². The Morgan fingerprint density at radius 1 is 1.12 bits per heavy atom. The van der Waals surface area contributed by atoms with E-state index in [1.807, 2.05) is 39.8 Å². The normalized spacial score (nSPS) is 10.4. The zero-order valence-electron chi connectivity index (χ0n) is 11.5. The summed E-state index contributed by atoms with van der Waals surface area (Å²) < 4.78 is 5.59. The fourth-order valence-electron chi connectivity index (χ4n) is 0.868. The summed E-state index contributed by atoms with van der Waals surface area (Å²) >= 11 is 0. The van der Waals surface area contributed by atoms with Crippen LogP contribution in [0.2, 0.25) is 0 Å². The fourth-order valence-corrected chi connectivity index (χ4v) is 0.868. The molecule has 1 aromatic heterocycles. The number of aryl methyl sites for hydroxylation is 1. The van der Waals surface area contributed by atoms with E-state index in [0.29, 0.717) is 0 Å². The molecule has 0 aromatic carbocycles. The molecular weight excluding hydrogens is 198 g/mol. The minimum absolute atomic E-state index is 0.142. The summed E-state index contributed by atoms with van der Waals surface area (Å²) in [6.07, 6.45) is 4.39. The summed E-state index contributed by atoms with van der Waals surface area (Å²) in [5.74, 6) is 0.827. The van der Waals surface area contributed by atoms with Crippen molar-refractivity contribution in [2.24, 2.45) is 0 Å². The molecule has 0 atom stereocenters. The van der Waals surface area contributed by atoms with Gasteiger partial charge in [0.2, 0.25) is 0 Å². The van der Waals surface area contributed by atoms with E-state index in [4.69, 9.17) is 4.74 Å². The van der Waals surface area contributed by atoms with Crippen molar-refractivity contribution >= 4 is 0 Å². The van der Waals surface area contributed by atoms with E-state index >= 15 is 0 Å². The van der Waals surface area contributed by atoms with E-state index in [9.17, 15) is 0 Å². The molecule has 2 heteroatoms. The molecule has 1 heterocycles. The van der Waals surface area contributed by atoms with Crippen LogP contribution in [0.5, 0.6) is 5.75 Å². The van der Waals surface area contributed by atoms with Crippen LogP contribution in [-0.2, 0) is 0 Å². The van der Waals surface area contributed by atoms with Gasteiger partial charge in [0.25, 0.3) is 0 Å². The molecule has 0 radical (unpaired) electrons. The van der Waals surface area contributed by atoms with Crippen LogP contribution in [0.1, 0.15) is 53.2 Å². The molecule has 16 heavy (non-hydrogen) atoms. The quantitative estimate of drug-likeness (QED) is 0.742. The predicted octanol–water partition coefficient (Wildman–Crippen LogP) is 4.37. The first kappa shape index (κ1) is 14.9. The topological polar surface area (TPSA) is 22.1 Å². The Labute approximate surface area is 100 Å². The highest BCUT2D eigenvalue weighted by Gasteiger charge is 2.11. The SMILES string of the molecule is CCCC.Cc1ccc(OC(C)(C)C)cn1. The lowest BCUT2D eigenvalue weighted by atomic mass is 10.2. The maximum atomic E-state index is 5.59. The Morgan fingerprint density at radius 3 is 2.00 bits per heavy atom. The lowest BCUT2D eigenvalue weighted by Gasteiger charge is -2.20. The highest BCUT2D eigenvalue weighted by atomic mass is 16.5. The molecule has 0 fully saturated rings. The van der Waals surface area contributed by atoms with Gasteiger partial charge >= 0.3 is 0 Å². The summed E-state index contributed by atoms with van der Waals surface area (Å²) in [7, 11) is 0. The molecule has 0 amide bonds. The van der Waals surface area contributed by atoms with Crippen molar-refractivity contribution in [1.82, 2.24) is 4.98 Å². The number of nitrogens with zero attached hydrogens (tertiary/aromatic N) is 1. The minimum atomic E-state index is -0.142. The lowest BCUT2D eigenvalue weighted by Crippen LogP contribution is -2.22. The number of hydrogen-bond donors (Lipinski definition) is 0. The van der Waals surface area contributed by atoms with Crippen LogP contribution in [0.15, 0.2) is 18.3 Å². The molecular formula is C14H25NO. The van der Waals surface area contributed by atoms with E-state index in [-0.39, 0.29) is 5.60 Å². The molecule has 0 bridgehead atoms. The van der Waals surface area contributed by atoms with E-state index < -0.39 is 0 Å². The molecule has 0 aliphatic rings. The van der Waals surface area contributed by atoms with Gasteiger partial charge in [-0.1, -0.05) is 26.7 Å². The maximum Gasteiger partial charge on any atom is 0.138 e. The molecule has 0 unspecified atom stereocenters. The smallest absolute Gasteiger partial charge is 0.138 e. The molecule has 0 N–H and O–H groups in total. The van der Waals surface area contributed by atoms with E-state index in [1.165, 1.54) is 12.8 Å². The molecule has 0 aliphatic carbocycles. The van der Waals surface area contributed by atoms with Crippen molar-refractivity contribution < 1.29 is 4.74 Å². The molecule has 1 aromatic rings. The van der Waals surface area contributed by atoms with Crippen molar-refractivity contribution in [3.63, 3.8) is 0 Å². The zero-order chi connectivity index (χ0) is 12.6. The van der Waals surface area contributed by atoms with Crippen LogP contribution < -0.4 is 4.74 Å². The van der Waals surface area contributed by atoms with Gasteiger partial charge in [-0.05, 0) is 39.8 Å². The fraction of sp³-hybridized carbons (Fsp3) is 0.643. The molecule has 1 rings (SSSR count). The monoisotopic (exact) mass is 223 g/mol. The van der Waals surface area contributed by atoms with Gasteiger partial charge < -0.3 is 4.74 Å². The van der Waals surface area contributed by atoms with Crippen LogP contribution >= 0.6 is 0 Å². The third kappa shape index (κ3) is 8.27. The number of rotatable bonds is 2. The Morgan fingerprint density at radius 2 is 1.69 bits per heavy atom. The van der Waals surface area contributed by atoms with Crippen molar-refractivity contribution in [3.8, 4) is 5.75 Å². The Hall–Kier alpha value is -1.05.